The fourth-order valence-electron chi connectivity index (χ4n) is 1.64. The summed E-state index contributed by atoms with van der Waals surface area (Å²) in [5.74, 6) is 1.60. The van der Waals surface area contributed by atoms with Crippen LogP contribution in [0.25, 0.3) is 0 Å². The first-order valence-electron chi connectivity index (χ1n) is 6.75. The lowest BCUT2D eigenvalue weighted by atomic mass is 10.2. The molecule has 106 valence electrons. The number of nitrogens with one attached hydrogen (secondary N) is 1. The van der Waals surface area contributed by atoms with Crippen LogP contribution in [-0.4, -0.2) is 13.2 Å². The molecule has 0 aromatic heterocycles. The molecule has 0 amide bonds. The molecule has 0 saturated carbocycles. The molecule has 0 radical (unpaired) electrons. The quantitative estimate of drug-likeness (QED) is 0.743. The Kier molecular flexibility index (Phi) is 7.17. The maximum absolute atomic E-state index is 5.87. The van der Waals surface area contributed by atoms with E-state index in [0.717, 1.165) is 23.3 Å². The van der Waals surface area contributed by atoms with Gasteiger partial charge in [0.15, 0.2) is 0 Å². The van der Waals surface area contributed by atoms with Crippen molar-refractivity contribution in [2.75, 3.05) is 13.2 Å². The van der Waals surface area contributed by atoms with Crippen molar-refractivity contribution in [2.45, 2.75) is 34.2 Å². The third kappa shape index (κ3) is 6.26. The van der Waals surface area contributed by atoms with E-state index in [0.29, 0.717) is 12.5 Å². The van der Waals surface area contributed by atoms with Crippen LogP contribution in [0.2, 0.25) is 0 Å². The number of rotatable bonds is 7. The molecule has 0 aliphatic heterocycles. The summed E-state index contributed by atoms with van der Waals surface area (Å²) in [5, 5.41) is 3.45. The van der Waals surface area contributed by atoms with E-state index in [2.05, 4.69) is 61.1 Å². The highest BCUT2D eigenvalue weighted by Crippen LogP contribution is 2.29. The van der Waals surface area contributed by atoms with Gasteiger partial charge in [0.05, 0.1) is 4.47 Å². The van der Waals surface area contributed by atoms with Crippen LogP contribution in [0.5, 0.6) is 5.75 Å². The molecule has 0 spiro atoms. The summed E-state index contributed by atoms with van der Waals surface area (Å²) in [4.78, 5) is 0. The van der Waals surface area contributed by atoms with Crippen LogP contribution in [0.1, 0.15) is 33.3 Å². The van der Waals surface area contributed by atoms with E-state index in [1.807, 2.05) is 12.1 Å². The molecule has 1 aromatic carbocycles. The van der Waals surface area contributed by atoms with E-state index in [1.54, 1.807) is 0 Å². The molecule has 0 saturated heterocycles. The highest BCUT2D eigenvalue weighted by Gasteiger charge is 2.07. The molecule has 19 heavy (non-hydrogen) atoms. The number of hydrogen-bond donors (Lipinski definition) is 1. The van der Waals surface area contributed by atoms with Crippen molar-refractivity contribution >= 4 is 15.9 Å². The number of hydrogen-bond acceptors (Lipinski definition) is 2. The van der Waals surface area contributed by atoms with Crippen molar-refractivity contribution in [2.24, 2.45) is 5.92 Å². The second kappa shape index (κ2) is 8.39. The first-order valence-corrected chi connectivity index (χ1v) is 7.54. The van der Waals surface area contributed by atoms with Crippen LogP contribution < -0.4 is 10.1 Å². The monoisotopic (exact) mass is 325 g/mol. The molecule has 0 aliphatic rings. The van der Waals surface area contributed by atoms with Crippen molar-refractivity contribution in [1.29, 1.82) is 0 Å². The van der Waals surface area contributed by atoms with Gasteiger partial charge in [-0.15, -0.1) is 0 Å². The van der Waals surface area contributed by atoms with Gasteiger partial charge in [0.25, 0.3) is 0 Å². The van der Waals surface area contributed by atoms with Crippen LogP contribution in [0.15, 0.2) is 34.3 Å². The number of allylic oxidation sites excluding steroid dienone is 1. The van der Waals surface area contributed by atoms with E-state index in [1.165, 1.54) is 11.1 Å². The second-order valence-electron chi connectivity index (χ2n) is 5.35. The van der Waals surface area contributed by atoms with E-state index in [9.17, 15) is 0 Å². The minimum atomic E-state index is 0.613. The molecule has 1 aromatic rings. The second-order valence-corrected chi connectivity index (χ2v) is 6.20. The Bertz CT molecular complexity index is 423. The standard InChI is InChI=1S/C16H24BrNO/c1-12(2)8-9-19-16-14(6-5-7-15(16)17)11-18-10-13(3)4/h5-8,13,18H,9-11H2,1-4H3. The van der Waals surface area contributed by atoms with Crippen molar-refractivity contribution < 1.29 is 4.74 Å². The first-order chi connectivity index (χ1) is 9.00. The molecule has 3 heteroatoms. The Morgan fingerprint density at radius 1 is 1.37 bits per heavy atom. The van der Waals surface area contributed by atoms with Crippen molar-refractivity contribution in [3.8, 4) is 5.75 Å². The highest BCUT2D eigenvalue weighted by atomic mass is 79.9. The van der Waals surface area contributed by atoms with E-state index in [4.69, 9.17) is 4.74 Å². The Morgan fingerprint density at radius 3 is 2.74 bits per heavy atom. The zero-order valence-electron chi connectivity index (χ0n) is 12.3. The average molecular weight is 326 g/mol. The minimum absolute atomic E-state index is 0.613. The highest BCUT2D eigenvalue weighted by molar-refractivity contribution is 9.10. The van der Waals surface area contributed by atoms with Gasteiger partial charge in [0.2, 0.25) is 0 Å². The molecule has 0 bridgehead atoms. The maximum atomic E-state index is 5.87. The van der Waals surface area contributed by atoms with Crippen molar-refractivity contribution in [3.63, 3.8) is 0 Å². The van der Waals surface area contributed by atoms with Gasteiger partial charge in [-0.2, -0.15) is 0 Å². The molecule has 1 rings (SSSR count). The van der Waals surface area contributed by atoms with Crippen molar-refractivity contribution in [1.82, 2.24) is 5.32 Å². The summed E-state index contributed by atoms with van der Waals surface area (Å²) in [6.45, 7) is 11.0. The molecular weight excluding hydrogens is 302 g/mol. The normalized spacial score (nSPS) is 10.6. The van der Waals surface area contributed by atoms with Crippen LogP contribution in [0.4, 0.5) is 0 Å². The molecule has 2 nitrogen and oxygen atoms in total. The number of ether oxygens (including phenoxy) is 1. The number of para-hydroxylation sites is 1. The van der Waals surface area contributed by atoms with Gasteiger partial charge in [0, 0.05) is 12.1 Å². The third-order valence-corrected chi connectivity index (χ3v) is 3.26. The Balaban J connectivity index is 2.69. The van der Waals surface area contributed by atoms with E-state index < -0.39 is 0 Å². The number of halogens is 1. The molecule has 1 N–H and O–H groups in total. The Hall–Kier alpha value is -0.800. The molecular formula is C16H24BrNO. The predicted molar refractivity (Wildman–Crippen MR) is 85.6 cm³/mol. The molecule has 0 fully saturated rings. The van der Waals surface area contributed by atoms with Crippen LogP contribution in [-0.2, 0) is 6.54 Å². The summed E-state index contributed by atoms with van der Waals surface area (Å²) in [6.07, 6.45) is 2.09. The smallest absolute Gasteiger partial charge is 0.138 e. The van der Waals surface area contributed by atoms with Gasteiger partial charge in [-0.05, 0) is 54.4 Å². The van der Waals surface area contributed by atoms with E-state index >= 15 is 0 Å². The SMILES string of the molecule is CC(C)=CCOc1c(Br)cccc1CNCC(C)C. The van der Waals surface area contributed by atoms with Gasteiger partial charge in [0.1, 0.15) is 12.4 Å². The maximum Gasteiger partial charge on any atom is 0.138 e. The van der Waals surface area contributed by atoms with Gasteiger partial charge in [-0.1, -0.05) is 31.6 Å². The van der Waals surface area contributed by atoms with Crippen LogP contribution in [0.3, 0.4) is 0 Å². The largest absolute Gasteiger partial charge is 0.488 e. The van der Waals surface area contributed by atoms with Crippen LogP contribution in [0, 0.1) is 5.92 Å². The van der Waals surface area contributed by atoms with Crippen LogP contribution >= 0.6 is 15.9 Å². The summed E-state index contributed by atoms with van der Waals surface area (Å²) in [5.41, 5.74) is 2.46. The van der Waals surface area contributed by atoms with Gasteiger partial charge >= 0.3 is 0 Å². The number of benzene rings is 1. The lowest BCUT2D eigenvalue weighted by molar-refractivity contribution is 0.354. The topological polar surface area (TPSA) is 21.3 Å². The molecule has 0 unspecified atom stereocenters. The van der Waals surface area contributed by atoms with Gasteiger partial charge in [-0.3, -0.25) is 0 Å². The molecule has 0 atom stereocenters. The summed E-state index contributed by atoms with van der Waals surface area (Å²) in [7, 11) is 0. The van der Waals surface area contributed by atoms with E-state index in [-0.39, 0.29) is 0 Å². The Morgan fingerprint density at radius 2 is 2.11 bits per heavy atom. The fourth-order valence-corrected chi connectivity index (χ4v) is 2.16. The predicted octanol–water partition coefficient (Wildman–Crippen LogP) is 4.54. The zero-order chi connectivity index (χ0) is 14.3. The Labute approximate surface area is 125 Å². The minimum Gasteiger partial charge on any atom is -0.488 e. The lowest BCUT2D eigenvalue weighted by Crippen LogP contribution is -2.19. The summed E-state index contributed by atoms with van der Waals surface area (Å²) < 4.78 is 6.89. The molecule has 0 heterocycles. The fraction of sp³-hybridized carbons (Fsp3) is 0.500. The lowest BCUT2D eigenvalue weighted by Gasteiger charge is -2.14. The molecule has 0 aliphatic carbocycles. The summed E-state index contributed by atoms with van der Waals surface area (Å²) >= 11 is 3.56. The van der Waals surface area contributed by atoms with Crippen molar-refractivity contribution in [3.05, 3.63) is 39.9 Å². The zero-order valence-corrected chi connectivity index (χ0v) is 13.9. The van der Waals surface area contributed by atoms with Gasteiger partial charge < -0.3 is 10.1 Å². The third-order valence-electron chi connectivity index (χ3n) is 2.64. The summed E-state index contributed by atoms with van der Waals surface area (Å²) in [6, 6.07) is 6.17. The average Bonchev–Trinajstić information content (AvgIpc) is 2.31. The van der Waals surface area contributed by atoms with Gasteiger partial charge in [-0.25, -0.2) is 0 Å². The first kappa shape index (κ1) is 16.3.